The van der Waals surface area contributed by atoms with Crippen molar-refractivity contribution in [2.45, 2.75) is 53.3 Å². The monoisotopic (exact) mass is 464 g/mol. The van der Waals surface area contributed by atoms with Gasteiger partial charge >= 0.3 is 11.9 Å². The van der Waals surface area contributed by atoms with Crippen LogP contribution in [-0.4, -0.2) is 59.9 Å². The first-order chi connectivity index (χ1) is 15.4. The lowest BCUT2D eigenvalue weighted by Gasteiger charge is -2.22. The zero-order valence-electron chi connectivity index (χ0n) is 19.5. The Bertz CT molecular complexity index is 883. The fourth-order valence-corrected chi connectivity index (χ4v) is 2.70. The van der Waals surface area contributed by atoms with Gasteiger partial charge in [-0.15, -0.1) is 0 Å². The van der Waals surface area contributed by atoms with Crippen molar-refractivity contribution in [3.05, 3.63) is 29.3 Å². The molecule has 1 atom stereocenters. The first-order valence-electron chi connectivity index (χ1n) is 10.5. The third-order valence-corrected chi connectivity index (χ3v) is 4.41. The van der Waals surface area contributed by atoms with E-state index in [0.717, 1.165) is 0 Å². The highest BCUT2D eigenvalue weighted by Crippen LogP contribution is 2.17. The topological polar surface area (TPSA) is 163 Å². The molecule has 0 aliphatic rings. The number of benzene rings is 1. The molecule has 33 heavy (non-hydrogen) atoms. The van der Waals surface area contributed by atoms with Crippen LogP contribution in [0.5, 0.6) is 0 Å². The molecule has 0 saturated carbocycles. The maximum atomic E-state index is 12.5. The number of hydrogen-bond donors (Lipinski definition) is 5. The van der Waals surface area contributed by atoms with Crippen LogP contribution in [0.2, 0.25) is 0 Å². The Labute approximate surface area is 192 Å². The zero-order valence-corrected chi connectivity index (χ0v) is 19.5. The smallest absolute Gasteiger partial charge is 0.336 e. The number of esters is 1. The van der Waals surface area contributed by atoms with Gasteiger partial charge in [0.2, 0.25) is 17.7 Å². The maximum absolute atomic E-state index is 12.5. The molecule has 0 saturated heterocycles. The molecule has 0 aliphatic carbocycles. The van der Waals surface area contributed by atoms with E-state index in [1.165, 1.54) is 25.1 Å². The average molecular weight is 465 g/mol. The quantitative estimate of drug-likeness (QED) is 0.281. The summed E-state index contributed by atoms with van der Waals surface area (Å²) in [4.78, 5) is 59.2. The Morgan fingerprint density at radius 2 is 1.67 bits per heavy atom. The summed E-state index contributed by atoms with van der Waals surface area (Å²) in [5, 5.41) is 20.0. The standard InChI is InChI=1S/C22H32N4O7/c1-12(2)20(26-19(29)9-23-13(3)4)21(30)24-10-18(28)25-16-7-6-15(11-33-14(5)27)17(8-16)22(31)32/h6-8,12-13,20,23H,9-11H2,1-5H3,(H,24,30)(H,25,28)(H,26,29)(H,31,32). The molecule has 0 heterocycles. The van der Waals surface area contributed by atoms with Gasteiger partial charge in [-0.05, 0) is 18.1 Å². The number of carboxylic acids is 1. The second-order valence-electron chi connectivity index (χ2n) is 8.05. The number of carbonyl (C=O) groups is 5. The first-order valence-corrected chi connectivity index (χ1v) is 10.5. The molecule has 1 aromatic carbocycles. The van der Waals surface area contributed by atoms with E-state index in [9.17, 15) is 29.1 Å². The first kappa shape index (κ1) is 27.6. The summed E-state index contributed by atoms with van der Waals surface area (Å²) in [5.74, 6) is -3.43. The van der Waals surface area contributed by atoms with E-state index in [0.29, 0.717) is 0 Å². The molecule has 5 N–H and O–H groups in total. The second-order valence-corrected chi connectivity index (χ2v) is 8.05. The van der Waals surface area contributed by atoms with Gasteiger partial charge in [0.05, 0.1) is 18.7 Å². The summed E-state index contributed by atoms with van der Waals surface area (Å²) in [6.45, 7) is 8.01. The van der Waals surface area contributed by atoms with E-state index in [1.54, 1.807) is 13.8 Å². The van der Waals surface area contributed by atoms with E-state index in [-0.39, 0.29) is 54.4 Å². The van der Waals surface area contributed by atoms with Crippen LogP contribution < -0.4 is 21.3 Å². The van der Waals surface area contributed by atoms with E-state index < -0.39 is 29.8 Å². The van der Waals surface area contributed by atoms with E-state index in [4.69, 9.17) is 4.74 Å². The molecule has 0 aromatic heterocycles. The van der Waals surface area contributed by atoms with Crippen molar-refractivity contribution in [1.29, 1.82) is 0 Å². The highest BCUT2D eigenvalue weighted by Gasteiger charge is 2.24. The number of amides is 3. The van der Waals surface area contributed by atoms with Crippen molar-refractivity contribution in [3.8, 4) is 0 Å². The molecule has 1 aromatic rings. The van der Waals surface area contributed by atoms with Crippen LogP contribution in [0, 0.1) is 5.92 Å². The second kappa shape index (κ2) is 13.2. The minimum atomic E-state index is -1.25. The number of rotatable bonds is 12. The fourth-order valence-electron chi connectivity index (χ4n) is 2.70. The molecule has 0 bridgehead atoms. The molecule has 11 heteroatoms. The Morgan fingerprint density at radius 3 is 2.21 bits per heavy atom. The van der Waals surface area contributed by atoms with Crippen molar-refractivity contribution >= 4 is 35.3 Å². The van der Waals surface area contributed by atoms with Crippen LogP contribution in [0.1, 0.15) is 50.5 Å². The number of anilines is 1. The minimum Gasteiger partial charge on any atom is -0.478 e. The Hall–Kier alpha value is -3.47. The van der Waals surface area contributed by atoms with Gasteiger partial charge in [0.15, 0.2) is 0 Å². The largest absolute Gasteiger partial charge is 0.478 e. The van der Waals surface area contributed by atoms with Gasteiger partial charge in [0, 0.05) is 24.2 Å². The van der Waals surface area contributed by atoms with Crippen molar-refractivity contribution < 1.29 is 33.8 Å². The summed E-state index contributed by atoms with van der Waals surface area (Å²) in [5.41, 5.74) is 0.342. The number of carbonyl (C=O) groups excluding carboxylic acids is 4. The number of nitrogens with one attached hydrogen (secondary N) is 4. The lowest BCUT2D eigenvalue weighted by atomic mass is 10.0. The summed E-state index contributed by atoms with van der Waals surface area (Å²) >= 11 is 0. The van der Waals surface area contributed by atoms with Crippen LogP contribution in [0.4, 0.5) is 5.69 Å². The predicted octanol–water partition coefficient (Wildman–Crippen LogP) is 0.641. The summed E-state index contributed by atoms with van der Waals surface area (Å²) in [6.07, 6.45) is 0. The van der Waals surface area contributed by atoms with E-state index in [1.807, 2.05) is 13.8 Å². The molecular formula is C22H32N4O7. The molecule has 1 unspecified atom stereocenters. The average Bonchev–Trinajstić information content (AvgIpc) is 2.72. The predicted molar refractivity (Wildman–Crippen MR) is 120 cm³/mol. The van der Waals surface area contributed by atoms with Crippen molar-refractivity contribution in [1.82, 2.24) is 16.0 Å². The summed E-state index contributed by atoms with van der Waals surface area (Å²) < 4.78 is 4.83. The van der Waals surface area contributed by atoms with Gasteiger partial charge in [0.25, 0.3) is 0 Å². The van der Waals surface area contributed by atoms with Crippen molar-refractivity contribution in [2.75, 3.05) is 18.4 Å². The van der Waals surface area contributed by atoms with Crippen LogP contribution in [0.15, 0.2) is 18.2 Å². The number of hydrogen-bond acceptors (Lipinski definition) is 7. The number of aromatic carboxylic acids is 1. The molecule has 0 aliphatic heterocycles. The van der Waals surface area contributed by atoms with Crippen molar-refractivity contribution in [2.24, 2.45) is 5.92 Å². The Morgan fingerprint density at radius 1 is 1.00 bits per heavy atom. The molecule has 182 valence electrons. The number of carboxylic acid groups (broad SMARTS) is 1. The molecule has 0 spiro atoms. The third kappa shape index (κ3) is 10.1. The Kier molecular flexibility index (Phi) is 11.0. The van der Waals surface area contributed by atoms with Crippen LogP contribution in [-0.2, 0) is 30.5 Å². The molecule has 0 fully saturated rings. The third-order valence-electron chi connectivity index (χ3n) is 4.41. The van der Waals surface area contributed by atoms with Crippen molar-refractivity contribution in [3.63, 3.8) is 0 Å². The van der Waals surface area contributed by atoms with Gasteiger partial charge in [-0.25, -0.2) is 4.79 Å². The van der Waals surface area contributed by atoms with Gasteiger partial charge in [-0.2, -0.15) is 0 Å². The molecule has 1 rings (SSSR count). The molecule has 11 nitrogen and oxygen atoms in total. The number of ether oxygens (including phenoxy) is 1. The van der Waals surface area contributed by atoms with E-state index >= 15 is 0 Å². The minimum absolute atomic E-state index is 0.0635. The van der Waals surface area contributed by atoms with Crippen LogP contribution >= 0.6 is 0 Å². The summed E-state index contributed by atoms with van der Waals surface area (Å²) in [6, 6.07) is 3.42. The van der Waals surface area contributed by atoms with Crippen LogP contribution in [0.25, 0.3) is 0 Å². The fraction of sp³-hybridized carbons (Fsp3) is 0.500. The highest BCUT2D eigenvalue weighted by atomic mass is 16.5. The maximum Gasteiger partial charge on any atom is 0.336 e. The highest BCUT2D eigenvalue weighted by molar-refractivity contribution is 5.97. The lowest BCUT2D eigenvalue weighted by molar-refractivity contribution is -0.142. The lowest BCUT2D eigenvalue weighted by Crippen LogP contribution is -2.52. The zero-order chi connectivity index (χ0) is 25.1. The Balaban J connectivity index is 2.70. The van der Waals surface area contributed by atoms with Gasteiger partial charge in [-0.3, -0.25) is 19.2 Å². The van der Waals surface area contributed by atoms with Gasteiger partial charge < -0.3 is 31.1 Å². The molecular weight excluding hydrogens is 432 g/mol. The molecule has 0 radical (unpaired) electrons. The van der Waals surface area contributed by atoms with Crippen LogP contribution in [0.3, 0.4) is 0 Å². The van der Waals surface area contributed by atoms with E-state index in [2.05, 4.69) is 21.3 Å². The molecule has 3 amide bonds. The van der Waals surface area contributed by atoms with Gasteiger partial charge in [0.1, 0.15) is 12.6 Å². The normalized spacial score (nSPS) is 11.6. The SMILES string of the molecule is CC(=O)OCc1ccc(NC(=O)CNC(=O)C(NC(=O)CNC(C)C)C(C)C)cc1C(=O)O. The summed E-state index contributed by atoms with van der Waals surface area (Å²) in [7, 11) is 0. The van der Waals surface area contributed by atoms with Gasteiger partial charge in [-0.1, -0.05) is 33.8 Å².